The van der Waals surface area contributed by atoms with Crippen LogP contribution in [0.15, 0.2) is 48.5 Å². The average Bonchev–Trinajstić information content (AvgIpc) is 3.45. The first-order valence-corrected chi connectivity index (χ1v) is 9.33. The fourth-order valence-corrected chi connectivity index (χ4v) is 2.88. The first-order valence-electron chi connectivity index (χ1n) is 9.33. The number of aromatic nitrogens is 2. The van der Waals surface area contributed by atoms with E-state index in [0.29, 0.717) is 28.6 Å². The zero-order chi connectivity index (χ0) is 21.6. The number of H-pyrrole nitrogens is 1. The minimum atomic E-state index is -0.574. The van der Waals surface area contributed by atoms with Gasteiger partial charge in [0, 0.05) is 5.56 Å². The molecule has 2 amide bonds. The van der Waals surface area contributed by atoms with E-state index in [2.05, 4.69) is 27.4 Å². The van der Waals surface area contributed by atoms with Crippen LogP contribution in [0, 0.1) is 11.8 Å². The molecule has 1 aliphatic heterocycles. The number of carbonyl (C=O) groups excluding carboxylic acids is 2. The SMILES string of the molecule is NC(=O)c1ccccc1OCC#CCNC(=O)c1cc(-c2ccc3c(c2)OCO3)n[nH]1. The fraction of sp³-hybridized carbons (Fsp3) is 0.136. The number of ether oxygens (including phenoxy) is 3. The van der Waals surface area contributed by atoms with Gasteiger partial charge in [-0.25, -0.2) is 0 Å². The van der Waals surface area contributed by atoms with Crippen molar-refractivity contribution in [2.45, 2.75) is 0 Å². The van der Waals surface area contributed by atoms with Crippen LogP contribution in [0.5, 0.6) is 17.2 Å². The number of carbonyl (C=O) groups is 2. The van der Waals surface area contributed by atoms with Gasteiger partial charge >= 0.3 is 0 Å². The number of fused-ring (bicyclic) bond motifs is 1. The Morgan fingerprint density at radius 1 is 1.13 bits per heavy atom. The number of para-hydroxylation sites is 1. The van der Waals surface area contributed by atoms with Crippen molar-refractivity contribution in [1.29, 1.82) is 0 Å². The van der Waals surface area contributed by atoms with Gasteiger partial charge in [-0.1, -0.05) is 24.0 Å². The molecule has 0 atom stereocenters. The number of hydrogen-bond acceptors (Lipinski definition) is 6. The summed E-state index contributed by atoms with van der Waals surface area (Å²) >= 11 is 0. The van der Waals surface area contributed by atoms with Gasteiger partial charge in [0.05, 0.1) is 17.8 Å². The van der Waals surface area contributed by atoms with Crippen LogP contribution in [-0.2, 0) is 0 Å². The van der Waals surface area contributed by atoms with Crippen LogP contribution in [0.4, 0.5) is 0 Å². The van der Waals surface area contributed by atoms with E-state index in [4.69, 9.17) is 19.9 Å². The summed E-state index contributed by atoms with van der Waals surface area (Å²) in [5.41, 5.74) is 7.30. The third-order valence-electron chi connectivity index (χ3n) is 4.41. The lowest BCUT2D eigenvalue weighted by molar-refractivity contribution is 0.0952. The topological polar surface area (TPSA) is 129 Å². The Morgan fingerprint density at radius 2 is 1.97 bits per heavy atom. The fourth-order valence-electron chi connectivity index (χ4n) is 2.88. The first kappa shape index (κ1) is 19.8. The van der Waals surface area contributed by atoms with E-state index in [1.54, 1.807) is 36.4 Å². The van der Waals surface area contributed by atoms with Gasteiger partial charge in [0.25, 0.3) is 11.8 Å². The normalized spacial score (nSPS) is 11.4. The lowest BCUT2D eigenvalue weighted by atomic mass is 10.1. The van der Waals surface area contributed by atoms with Crippen molar-refractivity contribution in [2.75, 3.05) is 19.9 Å². The van der Waals surface area contributed by atoms with Gasteiger partial charge in [-0.15, -0.1) is 0 Å². The smallest absolute Gasteiger partial charge is 0.270 e. The molecule has 156 valence electrons. The molecule has 0 radical (unpaired) electrons. The number of aromatic amines is 1. The second-order valence-corrected chi connectivity index (χ2v) is 6.42. The quantitative estimate of drug-likeness (QED) is 0.523. The number of nitrogens with zero attached hydrogens (tertiary/aromatic N) is 1. The van der Waals surface area contributed by atoms with Crippen LogP contribution in [0.3, 0.4) is 0 Å². The van der Waals surface area contributed by atoms with Gasteiger partial charge in [0.15, 0.2) is 11.5 Å². The van der Waals surface area contributed by atoms with Crippen molar-refractivity contribution in [3.8, 4) is 40.3 Å². The van der Waals surface area contributed by atoms with Gasteiger partial charge in [-0.2, -0.15) is 5.10 Å². The maximum absolute atomic E-state index is 12.3. The number of nitrogens with two attached hydrogens (primary N) is 1. The molecule has 9 heteroatoms. The highest BCUT2D eigenvalue weighted by molar-refractivity contribution is 5.95. The molecular weight excluding hydrogens is 400 g/mol. The van der Waals surface area contributed by atoms with Crippen LogP contribution < -0.4 is 25.3 Å². The second kappa shape index (κ2) is 8.92. The molecule has 0 spiro atoms. The number of nitrogens with one attached hydrogen (secondary N) is 2. The number of primary amides is 1. The standard InChI is InChI=1S/C22H18N4O5/c23-21(27)15-5-1-2-6-18(15)29-10-4-3-9-24-22(28)17-12-16(25-26-17)14-7-8-19-20(11-14)31-13-30-19/h1-2,5-8,11-12H,9-10,13H2,(H2,23,27)(H,24,28)(H,25,26). The summed E-state index contributed by atoms with van der Waals surface area (Å²) in [6.07, 6.45) is 0. The minimum absolute atomic E-state index is 0.0541. The Bertz CT molecular complexity index is 1190. The van der Waals surface area contributed by atoms with Gasteiger partial charge in [0.1, 0.15) is 18.1 Å². The molecule has 0 unspecified atom stereocenters. The van der Waals surface area contributed by atoms with Crippen LogP contribution in [0.2, 0.25) is 0 Å². The molecule has 9 nitrogen and oxygen atoms in total. The van der Waals surface area contributed by atoms with Crippen molar-refractivity contribution in [2.24, 2.45) is 5.73 Å². The molecule has 2 aromatic carbocycles. The van der Waals surface area contributed by atoms with E-state index < -0.39 is 5.91 Å². The Labute approximate surface area is 177 Å². The highest BCUT2D eigenvalue weighted by atomic mass is 16.7. The Kier molecular flexibility index (Phi) is 5.71. The molecule has 0 bridgehead atoms. The van der Waals surface area contributed by atoms with Crippen molar-refractivity contribution >= 4 is 11.8 Å². The van der Waals surface area contributed by atoms with E-state index in [-0.39, 0.29) is 31.4 Å². The molecule has 0 aliphatic carbocycles. The number of rotatable bonds is 6. The predicted octanol–water partition coefficient (Wildman–Crippen LogP) is 1.72. The van der Waals surface area contributed by atoms with E-state index in [0.717, 1.165) is 5.56 Å². The molecule has 1 aliphatic rings. The van der Waals surface area contributed by atoms with Crippen LogP contribution in [-0.4, -0.2) is 42.0 Å². The average molecular weight is 418 g/mol. The van der Waals surface area contributed by atoms with Crippen molar-refractivity contribution < 1.29 is 23.8 Å². The second-order valence-electron chi connectivity index (χ2n) is 6.42. The van der Waals surface area contributed by atoms with Crippen molar-refractivity contribution in [3.05, 3.63) is 59.8 Å². The summed E-state index contributed by atoms with van der Waals surface area (Å²) in [6.45, 7) is 0.368. The number of hydrogen-bond donors (Lipinski definition) is 3. The first-order chi connectivity index (χ1) is 15.1. The summed E-state index contributed by atoms with van der Waals surface area (Å²) in [4.78, 5) is 23.6. The lowest BCUT2D eigenvalue weighted by Crippen LogP contribution is -2.24. The van der Waals surface area contributed by atoms with Gasteiger partial charge in [-0.05, 0) is 36.4 Å². The van der Waals surface area contributed by atoms with Crippen molar-refractivity contribution in [1.82, 2.24) is 15.5 Å². The van der Waals surface area contributed by atoms with Crippen LogP contribution in [0.25, 0.3) is 11.3 Å². The molecule has 0 saturated carbocycles. The molecule has 1 aromatic heterocycles. The van der Waals surface area contributed by atoms with E-state index >= 15 is 0 Å². The molecule has 2 heterocycles. The Balaban J connectivity index is 1.28. The molecule has 3 aromatic rings. The molecule has 4 N–H and O–H groups in total. The Morgan fingerprint density at radius 3 is 2.84 bits per heavy atom. The van der Waals surface area contributed by atoms with E-state index in [1.165, 1.54) is 0 Å². The summed E-state index contributed by atoms with van der Waals surface area (Å²) in [5.74, 6) is 6.32. The molecule has 4 rings (SSSR count). The third-order valence-corrected chi connectivity index (χ3v) is 4.41. The van der Waals surface area contributed by atoms with Crippen LogP contribution >= 0.6 is 0 Å². The van der Waals surface area contributed by atoms with Crippen molar-refractivity contribution in [3.63, 3.8) is 0 Å². The number of amides is 2. The monoisotopic (exact) mass is 418 g/mol. The molecular formula is C22H18N4O5. The van der Waals surface area contributed by atoms with E-state index in [9.17, 15) is 9.59 Å². The lowest BCUT2D eigenvalue weighted by Gasteiger charge is -2.05. The third kappa shape index (κ3) is 4.59. The molecule has 0 saturated heterocycles. The van der Waals surface area contributed by atoms with Gasteiger partial charge < -0.3 is 25.3 Å². The summed E-state index contributed by atoms with van der Waals surface area (Å²) in [6, 6.07) is 13.7. The molecule has 31 heavy (non-hydrogen) atoms. The highest BCUT2D eigenvalue weighted by Gasteiger charge is 2.16. The van der Waals surface area contributed by atoms with Gasteiger partial charge in [0.2, 0.25) is 6.79 Å². The highest BCUT2D eigenvalue weighted by Crippen LogP contribution is 2.35. The van der Waals surface area contributed by atoms with E-state index in [1.807, 2.05) is 12.1 Å². The van der Waals surface area contributed by atoms with Gasteiger partial charge in [-0.3, -0.25) is 14.7 Å². The number of benzene rings is 2. The predicted molar refractivity (Wildman–Crippen MR) is 111 cm³/mol. The Hall–Kier alpha value is -4.45. The van der Waals surface area contributed by atoms with Crippen LogP contribution in [0.1, 0.15) is 20.8 Å². The summed E-state index contributed by atoms with van der Waals surface area (Å²) in [5, 5.41) is 9.56. The zero-order valence-electron chi connectivity index (χ0n) is 16.3. The maximum atomic E-state index is 12.3. The minimum Gasteiger partial charge on any atom is -0.480 e. The summed E-state index contributed by atoms with van der Waals surface area (Å²) in [7, 11) is 0. The molecule has 0 fully saturated rings. The summed E-state index contributed by atoms with van der Waals surface area (Å²) < 4.78 is 16.1. The maximum Gasteiger partial charge on any atom is 0.270 e. The zero-order valence-corrected chi connectivity index (χ0v) is 16.3. The largest absolute Gasteiger partial charge is 0.480 e.